The van der Waals surface area contributed by atoms with Crippen molar-refractivity contribution >= 4 is 17.2 Å². The summed E-state index contributed by atoms with van der Waals surface area (Å²) in [4.78, 5) is 21.2. The van der Waals surface area contributed by atoms with E-state index in [2.05, 4.69) is 9.88 Å². The number of likely N-dealkylation sites (N-methyl/N-ethyl adjacent to an activating group) is 1. The zero-order chi connectivity index (χ0) is 17.1. The number of hydrogen-bond acceptors (Lipinski definition) is 5. The zero-order valence-electron chi connectivity index (χ0n) is 13.4. The van der Waals surface area contributed by atoms with Gasteiger partial charge in [0.05, 0.1) is 0 Å². The number of likely N-dealkylation sites (tertiary alicyclic amines) is 1. The van der Waals surface area contributed by atoms with Crippen LogP contribution >= 0.6 is 11.3 Å². The predicted molar refractivity (Wildman–Crippen MR) is 90.9 cm³/mol. The van der Waals surface area contributed by atoms with Crippen molar-refractivity contribution in [2.45, 2.75) is 25.2 Å². The van der Waals surface area contributed by atoms with Gasteiger partial charge in [0.25, 0.3) is 5.91 Å². The Morgan fingerprint density at radius 1 is 1.50 bits per heavy atom. The third kappa shape index (κ3) is 3.73. The Labute approximate surface area is 144 Å². The summed E-state index contributed by atoms with van der Waals surface area (Å²) in [6.45, 7) is 1.49. The summed E-state index contributed by atoms with van der Waals surface area (Å²) in [5.74, 6) is -0.494. The molecule has 1 amide bonds. The summed E-state index contributed by atoms with van der Waals surface area (Å²) in [7, 11) is 1.66. The molecule has 0 aromatic carbocycles. The van der Waals surface area contributed by atoms with Crippen molar-refractivity contribution in [2.75, 3.05) is 20.1 Å². The van der Waals surface area contributed by atoms with Gasteiger partial charge in [0.1, 0.15) is 11.9 Å². The molecule has 1 fully saturated rings. The Morgan fingerprint density at radius 3 is 3.04 bits per heavy atom. The van der Waals surface area contributed by atoms with Gasteiger partial charge in [-0.05, 0) is 30.0 Å². The maximum absolute atomic E-state index is 13.9. The highest BCUT2D eigenvalue weighted by Crippen LogP contribution is 2.25. The van der Waals surface area contributed by atoms with Crippen LogP contribution in [0.1, 0.15) is 21.8 Å². The van der Waals surface area contributed by atoms with Gasteiger partial charge in [0, 0.05) is 43.8 Å². The summed E-state index contributed by atoms with van der Waals surface area (Å²) in [5.41, 5.74) is 0.0274. The molecule has 1 aliphatic heterocycles. The molecule has 128 valence electrons. The maximum Gasteiger partial charge on any atom is 0.276 e. The number of rotatable bonds is 5. The van der Waals surface area contributed by atoms with E-state index in [0.717, 1.165) is 0 Å². The molecule has 2 aromatic rings. The number of pyridine rings is 1. The molecule has 0 saturated carbocycles. The second kappa shape index (κ2) is 7.27. The molecule has 3 heterocycles. The van der Waals surface area contributed by atoms with Crippen LogP contribution in [-0.2, 0) is 6.54 Å². The molecule has 0 bridgehead atoms. The van der Waals surface area contributed by atoms with Gasteiger partial charge in [-0.15, -0.1) is 11.3 Å². The molecular weight excluding hydrogens is 329 g/mol. The van der Waals surface area contributed by atoms with Gasteiger partial charge in [0.15, 0.2) is 5.69 Å². The maximum atomic E-state index is 13.9. The zero-order valence-corrected chi connectivity index (χ0v) is 14.2. The van der Waals surface area contributed by atoms with E-state index in [-0.39, 0.29) is 23.4 Å². The quantitative estimate of drug-likeness (QED) is 0.901. The number of carbonyl (C=O) groups is 1. The van der Waals surface area contributed by atoms with Crippen LogP contribution in [0.15, 0.2) is 35.8 Å². The average Bonchev–Trinajstić information content (AvgIpc) is 3.17. The Kier molecular flexibility index (Phi) is 5.11. The molecule has 0 radical (unpaired) electrons. The fraction of sp³-hybridized carbons (Fsp3) is 0.412. The Hall–Kier alpha value is -1.99. The molecule has 24 heavy (non-hydrogen) atoms. The molecule has 0 spiro atoms. The SMILES string of the molecule is CN(C[C@@H]1C[C@H](F)CN1Cc1cccs1)C(=O)c1ncccc1O. The van der Waals surface area contributed by atoms with E-state index >= 15 is 0 Å². The van der Waals surface area contributed by atoms with Crippen molar-refractivity contribution in [1.29, 1.82) is 0 Å². The van der Waals surface area contributed by atoms with Crippen LogP contribution in [0.3, 0.4) is 0 Å². The molecule has 3 rings (SSSR count). The predicted octanol–water partition coefficient (Wildman–Crippen LogP) is 2.53. The minimum atomic E-state index is -0.873. The fourth-order valence-corrected chi connectivity index (χ4v) is 3.78. The number of halogens is 1. The van der Waals surface area contributed by atoms with Crippen LogP contribution in [-0.4, -0.2) is 58.1 Å². The van der Waals surface area contributed by atoms with E-state index in [4.69, 9.17) is 0 Å². The summed E-state index contributed by atoms with van der Waals surface area (Å²) in [5, 5.41) is 11.8. The number of nitrogens with zero attached hydrogens (tertiary/aromatic N) is 3. The highest BCUT2D eigenvalue weighted by atomic mass is 32.1. The lowest BCUT2D eigenvalue weighted by Crippen LogP contribution is -2.41. The molecule has 2 atom stereocenters. The van der Waals surface area contributed by atoms with Gasteiger partial charge in [-0.1, -0.05) is 6.07 Å². The van der Waals surface area contributed by atoms with Crippen molar-refractivity contribution in [3.05, 3.63) is 46.4 Å². The first-order valence-electron chi connectivity index (χ1n) is 7.84. The van der Waals surface area contributed by atoms with Crippen molar-refractivity contribution < 1.29 is 14.3 Å². The van der Waals surface area contributed by atoms with Crippen molar-refractivity contribution in [3.8, 4) is 5.75 Å². The smallest absolute Gasteiger partial charge is 0.276 e. The molecule has 7 heteroatoms. The summed E-state index contributed by atoms with van der Waals surface area (Å²) in [6.07, 6.45) is 1.01. The first-order valence-corrected chi connectivity index (χ1v) is 8.72. The monoisotopic (exact) mass is 349 g/mol. The van der Waals surface area contributed by atoms with Crippen LogP contribution in [0.4, 0.5) is 4.39 Å². The third-order valence-electron chi connectivity index (χ3n) is 4.24. The summed E-state index contributed by atoms with van der Waals surface area (Å²) in [6, 6.07) is 6.98. The Bertz CT molecular complexity index is 695. The van der Waals surface area contributed by atoms with Gasteiger partial charge in [0.2, 0.25) is 0 Å². The van der Waals surface area contributed by atoms with Crippen LogP contribution in [0, 0.1) is 0 Å². The normalized spacial score (nSPS) is 21.1. The molecule has 5 nitrogen and oxygen atoms in total. The lowest BCUT2D eigenvalue weighted by molar-refractivity contribution is 0.0741. The highest BCUT2D eigenvalue weighted by molar-refractivity contribution is 7.09. The first-order chi connectivity index (χ1) is 11.5. The lowest BCUT2D eigenvalue weighted by Gasteiger charge is -2.28. The average molecular weight is 349 g/mol. The van der Waals surface area contributed by atoms with Crippen LogP contribution in [0.5, 0.6) is 5.75 Å². The Balaban J connectivity index is 1.66. The molecule has 0 unspecified atom stereocenters. The van der Waals surface area contributed by atoms with Gasteiger partial charge in [-0.3, -0.25) is 9.69 Å². The Morgan fingerprint density at radius 2 is 2.33 bits per heavy atom. The number of amides is 1. The third-order valence-corrected chi connectivity index (χ3v) is 5.10. The molecule has 1 aliphatic rings. The minimum Gasteiger partial charge on any atom is -0.505 e. The molecular formula is C17H20FN3O2S. The van der Waals surface area contributed by atoms with Gasteiger partial charge in [-0.25, -0.2) is 9.37 Å². The van der Waals surface area contributed by atoms with Gasteiger partial charge in [-0.2, -0.15) is 0 Å². The standard InChI is InChI=1S/C17H20FN3O2S/c1-20(17(23)16-15(22)5-2-6-19-16)10-13-8-12(18)9-21(13)11-14-4-3-7-24-14/h2-7,12-13,22H,8-11H2,1H3/t12-,13-/m0/s1. The number of thiophene rings is 1. The van der Waals surface area contributed by atoms with Crippen LogP contribution in [0.25, 0.3) is 0 Å². The first kappa shape index (κ1) is 16.9. The number of carbonyl (C=O) groups excluding carboxylic acids is 1. The number of hydrogen-bond donors (Lipinski definition) is 1. The van der Waals surface area contributed by atoms with Gasteiger partial charge >= 0.3 is 0 Å². The van der Waals surface area contributed by atoms with E-state index in [1.807, 2.05) is 17.5 Å². The van der Waals surface area contributed by atoms with E-state index in [1.54, 1.807) is 24.5 Å². The lowest BCUT2D eigenvalue weighted by atomic mass is 10.2. The minimum absolute atomic E-state index is 0.0274. The van der Waals surface area contributed by atoms with E-state index < -0.39 is 6.17 Å². The largest absolute Gasteiger partial charge is 0.505 e. The van der Waals surface area contributed by atoms with Crippen LogP contribution < -0.4 is 0 Å². The van der Waals surface area contributed by atoms with Crippen molar-refractivity contribution in [1.82, 2.24) is 14.8 Å². The van der Waals surface area contributed by atoms with Crippen molar-refractivity contribution in [3.63, 3.8) is 0 Å². The second-order valence-electron chi connectivity index (χ2n) is 6.05. The number of aromatic hydroxyl groups is 1. The highest BCUT2D eigenvalue weighted by Gasteiger charge is 2.34. The molecule has 2 aromatic heterocycles. The molecule has 1 saturated heterocycles. The summed E-state index contributed by atoms with van der Waals surface area (Å²) >= 11 is 1.65. The van der Waals surface area contributed by atoms with E-state index in [9.17, 15) is 14.3 Å². The van der Waals surface area contributed by atoms with E-state index in [1.165, 1.54) is 22.0 Å². The summed E-state index contributed by atoms with van der Waals surface area (Å²) < 4.78 is 13.9. The molecule has 0 aliphatic carbocycles. The second-order valence-corrected chi connectivity index (χ2v) is 7.08. The van der Waals surface area contributed by atoms with Crippen LogP contribution in [0.2, 0.25) is 0 Å². The number of aromatic nitrogens is 1. The topological polar surface area (TPSA) is 56.7 Å². The number of alkyl halides is 1. The van der Waals surface area contributed by atoms with Gasteiger partial charge < -0.3 is 10.0 Å². The fourth-order valence-electron chi connectivity index (χ4n) is 3.05. The van der Waals surface area contributed by atoms with E-state index in [0.29, 0.717) is 26.1 Å². The molecule has 1 N–H and O–H groups in total. The van der Waals surface area contributed by atoms with Crippen molar-refractivity contribution in [2.24, 2.45) is 0 Å².